The molecule has 47 heavy (non-hydrogen) atoms. The zero-order chi connectivity index (χ0) is 34.1. The molecule has 0 aliphatic carbocycles. The van der Waals surface area contributed by atoms with E-state index < -0.39 is 30.6 Å². The number of alkyl halides is 6. The normalized spacial score (nSPS) is 15.3. The smallest absolute Gasteiger partial charge is 0.406 e. The lowest BCUT2D eigenvalue weighted by Crippen LogP contribution is -2.33. The summed E-state index contributed by atoms with van der Waals surface area (Å²) in [5.74, 6) is -1.10. The topological polar surface area (TPSA) is 98.1 Å². The molecule has 5 rings (SSSR count). The number of amides is 3. The van der Waals surface area contributed by atoms with Crippen LogP contribution in [-0.4, -0.2) is 52.1 Å². The van der Waals surface area contributed by atoms with E-state index in [1.165, 1.54) is 48.8 Å². The van der Waals surface area contributed by atoms with Crippen molar-refractivity contribution in [3.63, 3.8) is 0 Å². The lowest BCUT2D eigenvalue weighted by Gasteiger charge is -2.26. The fraction of sp³-hybridized carbons (Fsp3) is 0.200. The molecule has 246 valence electrons. The van der Waals surface area contributed by atoms with Gasteiger partial charge in [-0.15, -0.1) is 13.2 Å². The van der Waals surface area contributed by atoms with Gasteiger partial charge in [-0.1, -0.05) is 35.5 Å². The van der Waals surface area contributed by atoms with Crippen molar-refractivity contribution in [3.05, 3.63) is 89.3 Å². The van der Waals surface area contributed by atoms with Gasteiger partial charge in [0.15, 0.2) is 11.3 Å². The molecule has 9 nitrogen and oxygen atoms in total. The number of carbonyl (C=O) groups is 2. The zero-order valence-corrected chi connectivity index (χ0v) is 25.8. The number of hydrogen-bond acceptors (Lipinski definition) is 6. The van der Waals surface area contributed by atoms with Gasteiger partial charge in [-0.2, -0.15) is 18.2 Å². The highest BCUT2D eigenvalue weighted by Gasteiger charge is 2.44. The van der Waals surface area contributed by atoms with Crippen LogP contribution in [0.5, 0.6) is 5.75 Å². The average molecular weight is 698 g/mol. The highest BCUT2D eigenvalue weighted by molar-refractivity contribution is 8.15. The minimum Gasteiger partial charge on any atom is -0.406 e. The Balaban J connectivity index is 1.33. The van der Waals surface area contributed by atoms with Crippen molar-refractivity contribution >= 4 is 51.8 Å². The first kappa shape index (κ1) is 33.8. The van der Waals surface area contributed by atoms with Gasteiger partial charge in [-0.25, -0.2) is 9.78 Å². The number of anilines is 2. The Hall–Kier alpha value is -4.54. The van der Waals surface area contributed by atoms with E-state index in [1.807, 2.05) is 0 Å². The van der Waals surface area contributed by atoms with E-state index in [-0.39, 0.29) is 38.6 Å². The van der Waals surface area contributed by atoms with Gasteiger partial charge in [0, 0.05) is 30.1 Å². The van der Waals surface area contributed by atoms with Crippen molar-refractivity contribution in [2.24, 2.45) is 4.99 Å². The largest absolute Gasteiger partial charge is 0.573 e. The molecule has 0 bridgehead atoms. The van der Waals surface area contributed by atoms with E-state index in [2.05, 4.69) is 20.0 Å². The predicted molar refractivity (Wildman–Crippen MR) is 164 cm³/mol. The minimum absolute atomic E-state index is 0.0982. The third-order valence-corrected chi connectivity index (χ3v) is 7.90. The van der Waals surface area contributed by atoms with Gasteiger partial charge in [-0.3, -0.25) is 9.69 Å². The minimum atomic E-state index is -4.81. The molecule has 1 aliphatic rings. The van der Waals surface area contributed by atoms with Crippen LogP contribution in [0.3, 0.4) is 0 Å². The summed E-state index contributed by atoms with van der Waals surface area (Å²) in [5, 5.41) is 2.47. The molecular weight excluding hydrogens is 676 g/mol. The number of imidazole rings is 1. The molecule has 1 atom stereocenters. The van der Waals surface area contributed by atoms with Crippen LogP contribution in [0.2, 0.25) is 5.02 Å². The third kappa shape index (κ3) is 7.89. The van der Waals surface area contributed by atoms with Crippen LogP contribution in [0.4, 0.5) is 42.5 Å². The maximum Gasteiger partial charge on any atom is 0.573 e. The monoisotopic (exact) mass is 697 g/mol. The van der Waals surface area contributed by atoms with Gasteiger partial charge < -0.3 is 19.4 Å². The van der Waals surface area contributed by atoms with E-state index >= 15 is 0 Å². The van der Waals surface area contributed by atoms with Crippen LogP contribution in [0.1, 0.15) is 17.2 Å². The number of aliphatic imine (C=N–C) groups is 1. The molecule has 3 amide bonds. The number of nitrogens with one attached hydrogen (secondary N) is 1. The number of methoxy groups -OCH3 is 1. The number of ether oxygens (including phenoxy) is 2. The fourth-order valence-corrected chi connectivity index (χ4v) is 5.70. The second-order valence-corrected chi connectivity index (χ2v) is 11.3. The number of thioether (sulfide) groups is 1. The number of urea groups is 1. The number of benzene rings is 3. The lowest BCUT2D eigenvalue weighted by atomic mass is 10.0. The summed E-state index contributed by atoms with van der Waals surface area (Å²) in [6.45, 7) is 1.64. The molecule has 3 aromatic carbocycles. The maximum atomic E-state index is 13.8. The van der Waals surface area contributed by atoms with Crippen LogP contribution < -0.4 is 15.0 Å². The molecule has 1 aromatic heterocycles. The number of nitrogens with zero attached hydrogens (tertiary/aromatic N) is 4. The number of amidine groups is 1. The van der Waals surface area contributed by atoms with Crippen LogP contribution in [-0.2, 0) is 9.53 Å². The van der Waals surface area contributed by atoms with Gasteiger partial charge >= 0.3 is 18.6 Å². The number of rotatable bonds is 7. The summed E-state index contributed by atoms with van der Waals surface area (Å²) < 4.78 is 88.8. The van der Waals surface area contributed by atoms with Crippen molar-refractivity contribution in [1.29, 1.82) is 0 Å². The SMILES string of the molecule is COC(c1ccc(C)cc1N1C(=O)CS/C1=N\C(=O)Nc1ccc(-n2cnc(-c3ccc(OC(F)(F)F)cc3)c2)cc1Cl)C(F)(F)F. The Morgan fingerprint density at radius 2 is 1.79 bits per heavy atom. The van der Waals surface area contributed by atoms with Gasteiger partial charge in [0.1, 0.15) is 5.75 Å². The molecular formula is C30H22ClF6N5O4S. The molecule has 1 saturated heterocycles. The first-order valence-electron chi connectivity index (χ1n) is 13.4. The zero-order valence-electron chi connectivity index (χ0n) is 24.2. The fourth-order valence-electron chi connectivity index (χ4n) is 4.62. The molecule has 1 aliphatic heterocycles. The van der Waals surface area contributed by atoms with Gasteiger partial charge in [0.25, 0.3) is 0 Å². The number of carbonyl (C=O) groups excluding carboxylic acids is 2. The Bertz CT molecular complexity index is 1850. The van der Waals surface area contributed by atoms with Crippen LogP contribution in [0.25, 0.3) is 16.9 Å². The second-order valence-electron chi connectivity index (χ2n) is 9.96. The van der Waals surface area contributed by atoms with Crippen molar-refractivity contribution in [1.82, 2.24) is 9.55 Å². The van der Waals surface area contributed by atoms with Gasteiger partial charge in [0.2, 0.25) is 5.91 Å². The van der Waals surface area contributed by atoms with E-state index in [1.54, 1.807) is 23.8 Å². The molecule has 0 saturated carbocycles. The predicted octanol–water partition coefficient (Wildman–Crippen LogP) is 8.32. The summed E-state index contributed by atoms with van der Waals surface area (Å²) in [6.07, 6.45) is -8.83. The Morgan fingerprint density at radius 3 is 2.43 bits per heavy atom. The van der Waals surface area contributed by atoms with Crippen molar-refractivity contribution in [2.45, 2.75) is 25.6 Å². The van der Waals surface area contributed by atoms with E-state index in [4.69, 9.17) is 16.3 Å². The molecule has 4 aromatic rings. The second kappa shape index (κ2) is 13.3. The molecule has 1 fully saturated rings. The summed E-state index contributed by atoms with van der Waals surface area (Å²) >= 11 is 7.30. The van der Waals surface area contributed by atoms with E-state index in [0.717, 1.165) is 35.9 Å². The number of aryl methyl sites for hydroxylation is 1. The van der Waals surface area contributed by atoms with E-state index in [0.29, 0.717) is 22.5 Å². The van der Waals surface area contributed by atoms with Gasteiger partial charge in [0.05, 0.1) is 34.2 Å². The van der Waals surface area contributed by atoms with E-state index in [9.17, 15) is 35.9 Å². The summed E-state index contributed by atoms with van der Waals surface area (Å²) in [4.78, 5) is 34.9. The van der Waals surface area contributed by atoms with Crippen molar-refractivity contribution < 1.29 is 45.4 Å². The first-order chi connectivity index (χ1) is 22.1. The Labute approximate surface area is 272 Å². The molecule has 2 heterocycles. The quantitative estimate of drug-likeness (QED) is 0.195. The first-order valence-corrected chi connectivity index (χ1v) is 14.7. The van der Waals surface area contributed by atoms with Crippen LogP contribution in [0, 0.1) is 6.92 Å². The maximum absolute atomic E-state index is 13.8. The van der Waals surface area contributed by atoms with Crippen LogP contribution >= 0.6 is 23.4 Å². The summed E-state index contributed by atoms with van der Waals surface area (Å²) in [5.41, 5.74) is 1.80. The Morgan fingerprint density at radius 1 is 1.06 bits per heavy atom. The molecule has 1 N–H and O–H groups in total. The molecule has 0 spiro atoms. The number of aromatic nitrogens is 2. The standard InChI is InChI=1S/C30H22ClF6N5O4S/c1-16-3-9-20(26(45-2)29(32,33)34)24(11-16)42-25(43)14-47-28(42)40-27(44)39-22-10-6-18(12-21(22)31)41-13-23(38-15-41)17-4-7-19(8-5-17)46-30(35,36)37/h3-13,15,26H,14H2,1-2H3,(H,39,44)/b40-28-. The number of halogens is 7. The lowest BCUT2D eigenvalue weighted by molar-refractivity contribution is -0.274. The summed E-state index contributed by atoms with van der Waals surface area (Å²) in [7, 11) is 0.907. The average Bonchev–Trinajstić information content (AvgIpc) is 3.61. The highest BCUT2D eigenvalue weighted by Crippen LogP contribution is 2.42. The number of hydrogen-bond donors (Lipinski definition) is 1. The summed E-state index contributed by atoms with van der Waals surface area (Å²) in [6, 6.07) is 12.9. The van der Waals surface area contributed by atoms with Gasteiger partial charge in [-0.05, 0) is 61.0 Å². The van der Waals surface area contributed by atoms with Crippen LogP contribution in [0.15, 0.2) is 78.2 Å². The van der Waals surface area contributed by atoms with Crippen molar-refractivity contribution in [2.75, 3.05) is 23.1 Å². The molecule has 17 heteroatoms. The Kier molecular flexibility index (Phi) is 9.56. The molecule has 0 radical (unpaired) electrons. The highest BCUT2D eigenvalue weighted by atomic mass is 35.5. The third-order valence-electron chi connectivity index (χ3n) is 6.66. The van der Waals surface area contributed by atoms with Crippen molar-refractivity contribution in [3.8, 4) is 22.7 Å². The molecule has 1 unspecified atom stereocenters.